The summed E-state index contributed by atoms with van der Waals surface area (Å²) in [6.45, 7) is 1.28. The maximum absolute atomic E-state index is 12.6. The molecule has 10 heteroatoms. The van der Waals surface area contributed by atoms with E-state index in [4.69, 9.17) is 5.41 Å². The topological polar surface area (TPSA) is 81.1 Å². The Balaban J connectivity index is 1.40. The van der Waals surface area contributed by atoms with Crippen LogP contribution in [0.3, 0.4) is 0 Å². The van der Waals surface area contributed by atoms with Crippen LogP contribution >= 0.6 is 11.3 Å². The van der Waals surface area contributed by atoms with E-state index in [9.17, 15) is 18.0 Å². The lowest BCUT2D eigenvalue weighted by atomic mass is 9.99. The Labute approximate surface area is 198 Å². The van der Waals surface area contributed by atoms with Crippen LogP contribution in [0.5, 0.6) is 0 Å². The molecular weight excluding hydrogens is 463 g/mol. The standard InChI is InChI=1S/C24H22F3N5OS/c25-24(26,27)22(33)31-20-7-4-17-8-11-32(15-18(17)13-20)23-30-14-21(34-23)12-16-2-5-19(6-3-16)29-10-1-9-28/h1-7,9-10,13-14,28-29H,8,11-12,15H2,(H,31,33)/b10-1-,28-9?. The van der Waals surface area contributed by atoms with Crippen LogP contribution in [0.25, 0.3) is 0 Å². The number of halogens is 3. The molecule has 1 amide bonds. The molecule has 3 aromatic rings. The fraction of sp³-hybridized carbons (Fsp3) is 0.208. The molecule has 0 bridgehead atoms. The average molecular weight is 486 g/mol. The highest BCUT2D eigenvalue weighted by Gasteiger charge is 2.38. The van der Waals surface area contributed by atoms with E-state index in [0.29, 0.717) is 6.54 Å². The van der Waals surface area contributed by atoms with Gasteiger partial charge in [-0.25, -0.2) is 4.98 Å². The van der Waals surface area contributed by atoms with Crippen molar-refractivity contribution in [2.45, 2.75) is 25.6 Å². The number of rotatable bonds is 7. The van der Waals surface area contributed by atoms with Crippen LogP contribution in [0.4, 0.5) is 29.7 Å². The molecule has 1 aliphatic rings. The molecule has 1 aromatic heterocycles. The average Bonchev–Trinajstić information content (AvgIpc) is 3.28. The van der Waals surface area contributed by atoms with Crippen molar-refractivity contribution in [3.8, 4) is 0 Å². The summed E-state index contributed by atoms with van der Waals surface area (Å²) in [4.78, 5) is 19.0. The summed E-state index contributed by atoms with van der Waals surface area (Å²) < 4.78 is 37.7. The minimum absolute atomic E-state index is 0.133. The molecular formula is C24H22F3N5OS. The molecule has 0 radical (unpaired) electrons. The second-order valence-electron chi connectivity index (χ2n) is 7.76. The zero-order chi connectivity index (χ0) is 24.1. The van der Waals surface area contributed by atoms with Gasteiger partial charge in [0.1, 0.15) is 0 Å². The Kier molecular flexibility index (Phi) is 6.97. The number of carbonyl (C=O) groups excluding carboxylic acids is 1. The van der Waals surface area contributed by atoms with Gasteiger partial charge in [0, 0.05) is 54.4 Å². The first-order chi connectivity index (χ1) is 16.3. The van der Waals surface area contributed by atoms with Crippen molar-refractivity contribution in [3.63, 3.8) is 0 Å². The highest BCUT2D eigenvalue weighted by Crippen LogP contribution is 2.31. The van der Waals surface area contributed by atoms with Crippen LogP contribution in [0.15, 0.2) is 60.9 Å². The van der Waals surface area contributed by atoms with Crippen LogP contribution in [0, 0.1) is 5.41 Å². The van der Waals surface area contributed by atoms with Gasteiger partial charge in [0.05, 0.1) is 0 Å². The number of allylic oxidation sites excluding steroid dienone is 1. The van der Waals surface area contributed by atoms with Gasteiger partial charge in [0.15, 0.2) is 5.13 Å². The number of amides is 1. The van der Waals surface area contributed by atoms with Crippen molar-refractivity contribution < 1.29 is 18.0 Å². The van der Waals surface area contributed by atoms with Gasteiger partial charge in [-0.2, -0.15) is 13.2 Å². The predicted molar refractivity (Wildman–Crippen MR) is 129 cm³/mol. The van der Waals surface area contributed by atoms with E-state index in [-0.39, 0.29) is 5.69 Å². The van der Waals surface area contributed by atoms with Crippen LogP contribution in [-0.4, -0.2) is 29.8 Å². The predicted octanol–water partition coefficient (Wildman–Crippen LogP) is 5.37. The molecule has 0 fully saturated rings. The summed E-state index contributed by atoms with van der Waals surface area (Å²) in [6.07, 6.45) is 2.93. The Morgan fingerprint density at radius 1 is 1.15 bits per heavy atom. The number of benzene rings is 2. The first kappa shape index (κ1) is 23.5. The highest BCUT2D eigenvalue weighted by molar-refractivity contribution is 7.15. The molecule has 2 aromatic carbocycles. The summed E-state index contributed by atoms with van der Waals surface area (Å²) in [5.74, 6) is -1.98. The Morgan fingerprint density at radius 2 is 1.91 bits per heavy atom. The van der Waals surface area contributed by atoms with Gasteiger partial charge >= 0.3 is 12.1 Å². The van der Waals surface area contributed by atoms with Crippen LogP contribution in [-0.2, 0) is 24.2 Å². The highest BCUT2D eigenvalue weighted by atomic mass is 32.1. The van der Waals surface area contributed by atoms with Crippen LogP contribution < -0.4 is 15.5 Å². The Hall–Kier alpha value is -3.66. The van der Waals surface area contributed by atoms with E-state index in [1.807, 2.05) is 35.8 Å². The lowest BCUT2D eigenvalue weighted by molar-refractivity contribution is -0.167. The van der Waals surface area contributed by atoms with E-state index in [0.717, 1.165) is 51.8 Å². The molecule has 0 spiro atoms. The van der Waals surface area contributed by atoms with Gasteiger partial charge in [-0.3, -0.25) is 4.79 Å². The zero-order valence-electron chi connectivity index (χ0n) is 18.0. The first-order valence-electron chi connectivity index (χ1n) is 10.5. The van der Waals surface area contributed by atoms with Crippen molar-refractivity contribution in [2.24, 2.45) is 0 Å². The third-order valence-corrected chi connectivity index (χ3v) is 6.38. The number of nitrogens with zero attached hydrogens (tertiary/aromatic N) is 2. The molecule has 176 valence electrons. The number of carbonyl (C=O) groups is 1. The van der Waals surface area contributed by atoms with Crippen molar-refractivity contribution in [1.29, 1.82) is 5.41 Å². The number of thiazole rings is 1. The summed E-state index contributed by atoms with van der Waals surface area (Å²) in [5, 5.41) is 12.9. The minimum Gasteiger partial charge on any atom is -0.362 e. The van der Waals surface area contributed by atoms with E-state index in [2.05, 4.69) is 15.2 Å². The van der Waals surface area contributed by atoms with Gasteiger partial charge in [0.25, 0.3) is 0 Å². The van der Waals surface area contributed by atoms with Crippen LogP contribution in [0.1, 0.15) is 21.6 Å². The molecule has 2 heterocycles. The Bertz CT molecular complexity index is 1200. The maximum Gasteiger partial charge on any atom is 0.471 e. The molecule has 0 saturated carbocycles. The van der Waals surface area contributed by atoms with E-state index < -0.39 is 12.1 Å². The second-order valence-corrected chi connectivity index (χ2v) is 8.85. The van der Waals surface area contributed by atoms with E-state index in [1.165, 1.54) is 12.3 Å². The monoisotopic (exact) mass is 485 g/mol. The first-order valence-corrected chi connectivity index (χ1v) is 11.3. The lowest BCUT2D eigenvalue weighted by Crippen LogP contribution is -2.31. The fourth-order valence-corrected chi connectivity index (χ4v) is 4.61. The summed E-state index contributed by atoms with van der Waals surface area (Å²) in [7, 11) is 0. The molecule has 0 saturated heterocycles. The summed E-state index contributed by atoms with van der Waals surface area (Å²) in [5.41, 5.74) is 4.15. The zero-order valence-corrected chi connectivity index (χ0v) is 18.8. The number of hydrogen-bond acceptors (Lipinski definition) is 6. The third-order valence-electron chi connectivity index (χ3n) is 5.32. The van der Waals surface area contributed by atoms with E-state index >= 15 is 0 Å². The number of hydrogen-bond donors (Lipinski definition) is 3. The molecule has 4 rings (SSSR count). The number of nitrogens with one attached hydrogen (secondary N) is 3. The maximum atomic E-state index is 12.6. The lowest BCUT2D eigenvalue weighted by Gasteiger charge is -2.29. The van der Waals surface area contributed by atoms with Crippen molar-refractivity contribution >= 4 is 40.0 Å². The number of fused-ring (bicyclic) bond motifs is 1. The number of aromatic nitrogens is 1. The molecule has 6 nitrogen and oxygen atoms in total. The van der Waals surface area contributed by atoms with Gasteiger partial charge in [-0.05, 0) is 53.5 Å². The fourth-order valence-electron chi connectivity index (χ4n) is 3.64. The molecule has 34 heavy (non-hydrogen) atoms. The molecule has 3 N–H and O–H groups in total. The molecule has 0 unspecified atom stereocenters. The summed E-state index contributed by atoms with van der Waals surface area (Å²) in [6, 6.07) is 12.9. The third kappa shape index (κ3) is 5.82. The van der Waals surface area contributed by atoms with Gasteiger partial charge < -0.3 is 20.9 Å². The normalized spacial score (nSPS) is 13.6. The van der Waals surface area contributed by atoms with E-state index in [1.54, 1.807) is 35.7 Å². The molecule has 1 aliphatic heterocycles. The SMILES string of the molecule is N=C/C=C\Nc1ccc(Cc2cnc(N3CCc4ccc(NC(=O)C(F)(F)F)cc4C3)s2)cc1. The molecule has 0 atom stereocenters. The summed E-state index contributed by atoms with van der Waals surface area (Å²) >= 11 is 1.59. The Morgan fingerprint density at radius 3 is 2.65 bits per heavy atom. The largest absolute Gasteiger partial charge is 0.471 e. The van der Waals surface area contributed by atoms with Crippen LogP contribution in [0.2, 0.25) is 0 Å². The smallest absolute Gasteiger partial charge is 0.362 e. The quantitative estimate of drug-likeness (QED) is 0.393. The van der Waals surface area contributed by atoms with Gasteiger partial charge in [-0.1, -0.05) is 18.2 Å². The van der Waals surface area contributed by atoms with Gasteiger partial charge in [-0.15, -0.1) is 11.3 Å². The minimum atomic E-state index is -4.92. The second kappa shape index (κ2) is 10.1. The number of anilines is 3. The molecule has 0 aliphatic carbocycles. The number of alkyl halides is 3. The van der Waals surface area contributed by atoms with Crippen molar-refractivity contribution in [3.05, 3.63) is 82.5 Å². The van der Waals surface area contributed by atoms with Crippen molar-refractivity contribution in [2.75, 3.05) is 22.1 Å². The van der Waals surface area contributed by atoms with Crippen molar-refractivity contribution in [1.82, 2.24) is 4.98 Å². The van der Waals surface area contributed by atoms with Gasteiger partial charge in [0.2, 0.25) is 0 Å².